The van der Waals surface area contributed by atoms with E-state index >= 15 is 0 Å². The monoisotopic (exact) mass is 473 g/mol. The molecule has 0 fully saturated rings. The van der Waals surface area contributed by atoms with E-state index in [1.807, 2.05) is 24.3 Å². The van der Waals surface area contributed by atoms with Gasteiger partial charge in [0, 0.05) is 22.3 Å². The van der Waals surface area contributed by atoms with E-state index < -0.39 is 0 Å². The van der Waals surface area contributed by atoms with Gasteiger partial charge in [-0.3, -0.25) is 4.79 Å². The van der Waals surface area contributed by atoms with Gasteiger partial charge in [0.15, 0.2) is 23.0 Å². The lowest BCUT2D eigenvalue weighted by atomic mass is 10.0. The summed E-state index contributed by atoms with van der Waals surface area (Å²) in [5.74, 6) is 2.51. The minimum absolute atomic E-state index is 0.159. The Labute approximate surface area is 182 Å². The van der Waals surface area contributed by atoms with E-state index in [0.717, 1.165) is 10.8 Å². The first kappa shape index (κ1) is 20.2. The van der Waals surface area contributed by atoms with Crippen molar-refractivity contribution in [3.8, 4) is 28.7 Å². The van der Waals surface area contributed by atoms with Crippen LogP contribution in [0.3, 0.4) is 0 Å². The highest BCUT2D eigenvalue weighted by atomic mass is 79.9. The fourth-order valence-corrected chi connectivity index (χ4v) is 4.02. The van der Waals surface area contributed by atoms with Gasteiger partial charge >= 0.3 is 0 Å². The molecular weight excluding hydrogens is 454 g/mol. The number of hydrogen-bond donors (Lipinski definition) is 0. The van der Waals surface area contributed by atoms with E-state index in [4.69, 9.17) is 23.7 Å². The van der Waals surface area contributed by atoms with Gasteiger partial charge in [-0.05, 0) is 52.3 Å². The van der Waals surface area contributed by atoms with E-state index in [-0.39, 0.29) is 12.7 Å². The molecule has 0 bridgehead atoms. The maximum absolute atomic E-state index is 13.5. The zero-order valence-electron chi connectivity index (χ0n) is 16.9. The van der Waals surface area contributed by atoms with Gasteiger partial charge < -0.3 is 28.6 Å². The molecular formula is C22H20BrNO6. The molecule has 0 N–H and O–H groups in total. The van der Waals surface area contributed by atoms with Gasteiger partial charge in [0.1, 0.15) is 5.75 Å². The second-order valence-corrected chi connectivity index (χ2v) is 7.41. The van der Waals surface area contributed by atoms with Crippen LogP contribution in [0.5, 0.6) is 28.7 Å². The van der Waals surface area contributed by atoms with Crippen molar-refractivity contribution >= 4 is 38.3 Å². The largest absolute Gasteiger partial charge is 0.496 e. The normalized spacial score (nSPS) is 12.0. The molecule has 30 heavy (non-hydrogen) atoms. The number of ether oxygens (including phenoxy) is 5. The zero-order chi connectivity index (χ0) is 21.4. The highest BCUT2D eigenvalue weighted by Gasteiger charge is 2.26. The maximum atomic E-state index is 13.5. The summed E-state index contributed by atoms with van der Waals surface area (Å²) < 4.78 is 28.0. The minimum atomic E-state index is -0.262. The molecule has 3 aromatic carbocycles. The van der Waals surface area contributed by atoms with Crippen molar-refractivity contribution in [3.05, 3.63) is 46.4 Å². The quantitative estimate of drug-likeness (QED) is 0.537. The summed E-state index contributed by atoms with van der Waals surface area (Å²) in [5, 5.41) is 1.61. The molecule has 1 aliphatic heterocycles. The number of benzene rings is 3. The van der Waals surface area contributed by atoms with Crippen molar-refractivity contribution in [1.82, 2.24) is 0 Å². The molecule has 0 saturated heterocycles. The molecule has 1 aliphatic rings. The molecule has 1 amide bonds. The number of amides is 1. The topological polar surface area (TPSA) is 66.5 Å². The summed E-state index contributed by atoms with van der Waals surface area (Å²) in [5.41, 5.74) is 1.05. The summed E-state index contributed by atoms with van der Waals surface area (Å²) in [4.78, 5) is 15.1. The standard InChI is InChI=1S/C22H20BrNO6/c1-24(22(25)20-14(23)5-7-17(27-3)21(20)28-4)15-6-8-16(26-2)13-10-19-18(9-12(13)15)29-11-30-19/h5-10H,11H2,1-4H3. The van der Waals surface area contributed by atoms with Crippen molar-refractivity contribution in [2.75, 3.05) is 40.1 Å². The van der Waals surface area contributed by atoms with E-state index in [1.165, 1.54) is 14.2 Å². The summed E-state index contributed by atoms with van der Waals surface area (Å²) in [7, 11) is 6.35. The lowest BCUT2D eigenvalue weighted by Crippen LogP contribution is -2.27. The first-order valence-corrected chi connectivity index (χ1v) is 9.88. The number of halogens is 1. The van der Waals surface area contributed by atoms with Crippen LogP contribution in [0.4, 0.5) is 5.69 Å². The summed E-state index contributed by atoms with van der Waals surface area (Å²) in [6, 6.07) is 10.9. The summed E-state index contributed by atoms with van der Waals surface area (Å²) >= 11 is 3.47. The molecule has 0 aromatic heterocycles. The first-order valence-electron chi connectivity index (χ1n) is 9.09. The van der Waals surface area contributed by atoms with Gasteiger partial charge in [0.2, 0.25) is 6.79 Å². The highest BCUT2D eigenvalue weighted by Crippen LogP contribution is 2.44. The van der Waals surface area contributed by atoms with E-state index in [9.17, 15) is 4.79 Å². The van der Waals surface area contributed by atoms with Crippen LogP contribution in [0.15, 0.2) is 40.9 Å². The van der Waals surface area contributed by atoms with Crippen molar-refractivity contribution in [2.24, 2.45) is 0 Å². The second-order valence-electron chi connectivity index (χ2n) is 6.56. The maximum Gasteiger partial charge on any atom is 0.263 e. The molecule has 0 atom stereocenters. The third-order valence-corrected chi connectivity index (χ3v) is 5.70. The predicted molar refractivity (Wildman–Crippen MR) is 117 cm³/mol. The van der Waals surface area contributed by atoms with Crippen molar-refractivity contribution in [1.29, 1.82) is 0 Å². The Hall–Kier alpha value is -3.13. The van der Waals surface area contributed by atoms with Crippen molar-refractivity contribution < 1.29 is 28.5 Å². The second kappa shape index (κ2) is 7.95. The average Bonchev–Trinajstić information content (AvgIpc) is 3.23. The van der Waals surface area contributed by atoms with Gasteiger partial charge in [0.05, 0.1) is 32.6 Å². The molecule has 0 saturated carbocycles. The Bertz CT molecular complexity index is 1150. The third-order valence-electron chi connectivity index (χ3n) is 5.04. The SMILES string of the molecule is COc1ccc(Br)c(C(=O)N(C)c2ccc(OC)c3cc4c(cc23)OCO4)c1OC. The molecule has 4 rings (SSSR count). The zero-order valence-corrected chi connectivity index (χ0v) is 18.5. The first-order chi connectivity index (χ1) is 14.5. The molecule has 8 heteroatoms. The molecule has 1 heterocycles. The molecule has 0 spiro atoms. The van der Waals surface area contributed by atoms with E-state index in [2.05, 4.69) is 15.9 Å². The highest BCUT2D eigenvalue weighted by molar-refractivity contribution is 9.10. The Morgan fingerprint density at radius 3 is 2.20 bits per heavy atom. The van der Waals surface area contributed by atoms with Crippen LogP contribution < -0.4 is 28.6 Å². The van der Waals surface area contributed by atoms with Crippen LogP contribution >= 0.6 is 15.9 Å². The molecule has 0 radical (unpaired) electrons. The number of anilines is 1. The Balaban J connectivity index is 1.87. The van der Waals surface area contributed by atoms with Crippen LogP contribution in [0.25, 0.3) is 10.8 Å². The number of hydrogen-bond acceptors (Lipinski definition) is 6. The van der Waals surface area contributed by atoms with Gasteiger partial charge in [-0.15, -0.1) is 0 Å². The molecule has 156 valence electrons. The summed E-state index contributed by atoms with van der Waals surface area (Å²) in [6.07, 6.45) is 0. The number of carbonyl (C=O) groups excluding carboxylic acids is 1. The van der Waals surface area contributed by atoms with Crippen molar-refractivity contribution in [3.63, 3.8) is 0 Å². The number of methoxy groups -OCH3 is 3. The number of fused-ring (bicyclic) bond motifs is 2. The Morgan fingerprint density at radius 1 is 0.933 bits per heavy atom. The number of carbonyl (C=O) groups is 1. The van der Waals surface area contributed by atoms with Crippen molar-refractivity contribution in [2.45, 2.75) is 0 Å². The average molecular weight is 474 g/mol. The Morgan fingerprint density at radius 2 is 1.57 bits per heavy atom. The number of nitrogens with zero attached hydrogens (tertiary/aromatic N) is 1. The fraction of sp³-hybridized carbons (Fsp3) is 0.227. The molecule has 0 aliphatic carbocycles. The van der Waals surface area contributed by atoms with Crippen LogP contribution in [-0.4, -0.2) is 41.1 Å². The van der Waals surface area contributed by atoms with Gasteiger partial charge in [0.25, 0.3) is 5.91 Å². The van der Waals surface area contributed by atoms with Crippen LogP contribution in [0, 0.1) is 0 Å². The van der Waals surface area contributed by atoms with E-state index in [0.29, 0.717) is 44.5 Å². The lowest BCUT2D eigenvalue weighted by molar-refractivity contribution is 0.0989. The van der Waals surface area contributed by atoms with Crippen LogP contribution in [-0.2, 0) is 0 Å². The van der Waals surface area contributed by atoms with Crippen LogP contribution in [0.1, 0.15) is 10.4 Å². The minimum Gasteiger partial charge on any atom is -0.496 e. The summed E-state index contributed by atoms with van der Waals surface area (Å²) in [6.45, 7) is 0.159. The van der Waals surface area contributed by atoms with Gasteiger partial charge in [-0.25, -0.2) is 0 Å². The molecule has 0 unspecified atom stereocenters. The fourth-order valence-electron chi connectivity index (χ4n) is 3.54. The smallest absolute Gasteiger partial charge is 0.263 e. The molecule has 7 nitrogen and oxygen atoms in total. The van der Waals surface area contributed by atoms with E-state index in [1.54, 1.807) is 31.2 Å². The Kier molecular flexibility index (Phi) is 5.34. The number of rotatable bonds is 5. The molecule has 3 aromatic rings. The van der Waals surface area contributed by atoms with Gasteiger partial charge in [-0.2, -0.15) is 0 Å². The van der Waals surface area contributed by atoms with Crippen LogP contribution in [0.2, 0.25) is 0 Å². The third kappa shape index (κ3) is 3.17. The lowest BCUT2D eigenvalue weighted by Gasteiger charge is -2.23. The predicted octanol–water partition coefficient (Wildman–Crippen LogP) is 4.63. The van der Waals surface area contributed by atoms with Gasteiger partial charge in [-0.1, -0.05) is 0 Å².